The molecule has 0 bridgehead atoms. The standard InChI is InChI=1S/C14H10Br3ClO2/c1-19-13-5-11(17)14(6-10(13)16)20-12-3-2-8(7-18)4-9(12)15/h2-6H,7H2,1H3. The van der Waals surface area contributed by atoms with Gasteiger partial charge in [0.25, 0.3) is 0 Å². The maximum Gasteiger partial charge on any atom is 0.143 e. The zero-order valence-corrected chi connectivity index (χ0v) is 15.9. The molecule has 106 valence electrons. The second-order valence-electron chi connectivity index (χ2n) is 3.92. The molecule has 2 aromatic carbocycles. The third kappa shape index (κ3) is 3.70. The van der Waals surface area contributed by atoms with E-state index in [4.69, 9.17) is 21.1 Å². The van der Waals surface area contributed by atoms with Crippen molar-refractivity contribution < 1.29 is 9.47 Å². The van der Waals surface area contributed by atoms with Crippen LogP contribution in [0.1, 0.15) is 5.56 Å². The zero-order chi connectivity index (χ0) is 14.7. The molecule has 0 aromatic heterocycles. The lowest BCUT2D eigenvalue weighted by molar-refractivity contribution is 0.409. The third-order valence-corrected chi connectivity index (χ3v) is 4.74. The second kappa shape index (κ2) is 7.16. The first kappa shape index (κ1) is 16.1. The Morgan fingerprint density at radius 2 is 1.50 bits per heavy atom. The van der Waals surface area contributed by atoms with Gasteiger partial charge in [-0.1, -0.05) is 6.07 Å². The predicted octanol–water partition coefficient (Wildman–Crippen LogP) is 6.51. The van der Waals surface area contributed by atoms with Crippen LogP contribution in [0.2, 0.25) is 0 Å². The van der Waals surface area contributed by atoms with Crippen LogP contribution in [0.3, 0.4) is 0 Å². The first-order chi connectivity index (χ1) is 9.55. The molecule has 0 spiro atoms. The highest BCUT2D eigenvalue weighted by atomic mass is 79.9. The van der Waals surface area contributed by atoms with Crippen molar-refractivity contribution in [2.75, 3.05) is 7.11 Å². The van der Waals surface area contributed by atoms with Gasteiger partial charge in [0.2, 0.25) is 0 Å². The summed E-state index contributed by atoms with van der Waals surface area (Å²) in [5.41, 5.74) is 1.03. The van der Waals surface area contributed by atoms with E-state index in [9.17, 15) is 0 Å². The van der Waals surface area contributed by atoms with Crippen LogP contribution in [0.4, 0.5) is 0 Å². The number of halogens is 4. The molecule has 0 aliphatic heterocycles. The van der Waals surface area contributed by atoms with Gasteiger partial charge in [-0.3, -0.25) is 0 Å². The minimum atomic E-state index is 0.469. The Hall–Kier alpha value is -0.230. The van der Waals surface area contributed by atoms with Crippen LogP contribution in [0.25, 0.3) is 0 Å². The van der Waals surface area contributed by atoms with Crippen molar-refractivity contribution >= 4 is 59.4 Å². The number of benzene rings is 2. The lowest BCUT2D eigenvalue weighted by Gasteiger charge is -2.12. The van der Waals surface area contributed by atoms with Crippen molar-refractivity contribution in [1.82, 2.24) is 0 Å². The molecule has 0 aliphatic carbocycles. The van der Waals surface area contributed by atoms with Crippen molar-refractivity contribution in [3.05, 3.63) is 49.3 Å². The Balaban J connectivity index is 2.32. The van der Waals surface area contributed by atoms with Crippen molar-refractivity contribution in [2.45, 2.75) is 5.88 Å². The molecule has 6 heteroatoms. The van der Waals surface area contributed by atoms with Gasteiger partial charge in [-0.25, -0.2) is 0 Å². The topological polar surface area (TPSA) is 18.5 Å². The van der Waals surface area contributed by atoms with E-state index in [-0.39, 0.29) is 0 Å². The summed E-state index contributed by atoms with van der Waals surface area (Å²) in [5, 5.41) is 0. The van der Waals surface area contributed by atoms with Crippen molar-refractivity contribution in [3.63, 3.8) is 0 Å². The Morgan fingerprint density at radius 3 is 2.10 bits per heavy atom. The molecular weight excluding hydrogens is 475 g/mol. The summed E-state index contributed by atoms with van der Waals surface area (Å²) >= 11 is 16.2. The van der Waals surface area contributed by atoms with Gasteiger partial charge in [-0.2, -0.15) is 0 Å². The minimum absolute atomic E-state index is 0.469. The van der Waals surface area contributed by atoms with Gasteiger partial charge in [0, 0.05) is 5.88 Å². The number of hydrogen-bond acceptors (Lipinski definition) is 2. The monoisotopic (exact) mass is 482 g/mol. The maximum absolute atomic E-state index is 5.90. The highest BCUT2D eigenvalue weighted by Crippen LogP contribution is 2.39. The number of alkyl halides is 1. The summed E-state index contributed by atoms with van der Waals surface area (Å²) in [5.74, 6) is 2.62. The average Bonchev–Trinajstić information content (AvgIpc) is 2.44. The fourth-order valence-electron chi connectivity index (χ4n) is 1.57. The SMILES string of the molecule is COc1cc(Br)c(Oc2ccc(CCl)cc2Br)cc1Br. The first-order valence-electron chi connectivity index (χ1n) is 5.60. The fourth-order valence-corrected chi connectivity index (χ4v) is 3.13. The van der Waals surface area contributed by atoms with Crippen LogP contribution in [0, 0.1) is 0 Å². The molecule has 0 fully saturated rings. The molecule has 20 heavy (non-hydrogen) atoms. The Morgan fingerprint density at radius 1 is 0.900 bits per heavy atom. The highest BCUT2D eigenvalue weighted by Gasteiger charge is 2.11. The normalized spacial score (nSPS) is 10.4. The van der Waals surface area contributed by atoms with E-state index in [1.807, 2.05) is 30.3 Å². The summed E-state index contributed by atoms with van der Waals surface area (Å²) in [6, 6.07) is 9.45. The van der Waals surface area contributed by atoms with Crippen LogP contribution >= 0.6 is 59.4 Å². The molecule has 0 heterocycles. The average molecular weight is 485 g/mol. The van der Waals surface area contributed by atoms with Gasteiger partial charge in [0.05, 0.1) is 20.5 Å². The first-order valence-corrected chi connectivity index (χ1v) is 8.51. The van der Waals surface area contributed by atoms with Crippen LogP contribution in [0.5, 0.6) is 17.2 Å². The largest absolute Gasteiger partial charge is 0.496 e. The maximum atomic E-state index is 5.90. The summed E-state index contributed by atoms with van der Waals surface area (Å²) in [6.07, 6.45) is 0. The second-order valence-corrected chi connectivity index (χ2v) is 6.75. The molecule has 0 amide bonds. The summed E-state index contributed by atoms with van der Waals surface area (Å²) in [7, 11) is 1.62. The predicted molar refractivity (Wildman–Crippen MR) is 92.2 cm³/mol. The van der Waals surface area contributed by atoms with Crippen molar-refractivity contribution in [3.8, 4) is 17.2 Å². The molecule has 2 rings (SSSR count). The molecule has 0 saturated carbocycles. The third-order valence-electron chi connectivity index (χ3n) is 2.58. The molecule has 0 aliphatic rings. The van der Waals surface area contributed by atoms with E-state index in [0.717, 1.165) is 30.5 Å². The molecular formula is C14H10Br3ClO2. The summed E-state index contributed by atoms with van der Waals surface area (Å²) in [6.45, 7) is 0. The van der Waals surface area contributed by atoms with Gasteiger partial charge in [0.15, 0.2) is 0 Å². The van der Waals surface area contributed by atoms with Gasteiger partial charge in [-0.15, -0.1) is 11.6 Å². The molecule has 0 saturated heterocycles. The van der Waals surface area contributed by atoms with Gasteiger partial charge in [0.1, 0.15) is 17.2 Å². The molecule has 0 radical (unpaired) electrons. The van der Waals surface area contributed by atoms with Gasteiger partial charge >= 0.3 is 0 Å². The molecule has 0 atom stereocenters. The molecule has 2 nitrogen and oxygen atoms in total. The van der Waals surface area contributed by atoms with Gasteiger partial charge in [-0.05, 0) is 77.6 Å². The molecule has 0 unspecified atom stereocenters. The fraction of sp³-hybridized carbons (Fsp3) is 0.143. The minimum Gasteiger partial charge on any atom is -0.496 e. The van der Waals surface area contributed by atoms with Crippen molar-refractivity contribution in [1.29, 1.82) is 0 Å². The van der Waals surface area contributed by atoms with E-state index in [0.29, 0.717) is 11.6 Å². The van der Waals surface area contributed by atoms with E-state index in [2.05, 4.69) is 47.8 Å². The van der Waals surface area contributed by atoms with Crippen LogP contribution in [-0.2, 0) is 5.88 Å². The van der Waals surface area contributed by atoms with Crippen LogP contribution < -0.4 is 9.47 Å². The number of rotatable bonds is 4. The molecule has 2 aromatic rings. The van der Waals surface area contributed by atoms with E-state index >= 15 is 0 Å². The van der Waals surface area contributed by atoms with Crippen molar-refractivity contribution in [2.24, 2.45) is 0 Å². The zero-order valence-electron chi connectivity index (χ0n) is 10.4. The van der Waals surface area contributed by atoms with E-state index in [1.54, 1.807) is 7.11 Å². The highest BCUT2D eigenvalue weighted by molar-refractivity contribution is 9.11. The van der Waals surface area contributed by atoms with E-state index < -0.39 is 0 Å². The summed E-state index contributed by atoms with van der Waals surface area (Å²) < 4.78 is 13.6. The number of methoxy groups -OCH3 is 1. The Kier molecular flexibility index (Phi) is 5.78. The Labute approximate surface area is 147 Å². The lowest BCUT2D eigenvalue weighted by Crippen LogP contribution is -1.91. The summed E-state index contributed by atoms with van der Waals surface area (Å²) in [4.78, 5) is 0. The smallest absolute Gasteiger partial charge is 0.143 e. The number of ether oxygens (including phenoxy) is 2. The van der Waals surface area contributed by atoms with Crippen LogP contribution in [-0.4, -0.2) is 7.11 Å². The number of hydrogen-bond donors (Lipinski definition) is 0. The Bertz CT molecular complexity index is 632. The quantitative estimate of drug-likeness (QED) is 0.460. The van der Waals surface area contributed by atoms with E-state index in [1.165, 1.54) is 0 Å². The van der Waals surface area contributed by atoms with Crippen LogP contribution in [0.15, 0.2) is 43.7 Å². The van der Waals surface area contributed by atoms with Gasteiger partial charge < -0.3 is 9.47 Å². The lowest BCUT2D eigenvalue weighted by atomic mass is 10.2. The molecule has 0 N–H and O–H groups in total.